The summed E-state index contributed by atoms with van der Waals surface area (Å²) in [5.74, 6) is -4.29. The third-order valence-electron chi connectivity index (χ3n) is 5.18. The standard InChI is InChI=1S/C23H13Cl5F2N2O2/c24-11-3-10(4-12(25)5-11)19-20(23(19,27)28)22(34)31-15-1-2-18(26)17(9-15)21(33)32-16-7-13(29)6-14(30)8-16/h1-9,19-20H,(H,31,34)(H,32,33)/t19-,20+/m1/s1. The van der Waals surface area contributed by atoms with E-state index in [1.165, 1.54) is 18.2 Å². The molecule has 0 unspecified atom stereocenters. The zero-order chi connectivity index (χ0) is 24.8. The van der Waals surface area contributed by atoms with Crippen LogP contribution >= 0.6 is 58.0 Å². The quantitative estimate of drug-likeness (QED) is 0.312. The molecule has 3 aromatic rings. The van der Waals surface area contributed by atoms with E-state index in [1.807, 2.05) is 0 Å². The Bertz CT molecular complexity index is 1280. The fraction of sp³-hybridized carbons (Fsp3) is 0.130. The first-order valence-electron chi connectivity index (χ1n) is 9.67. The highest BCUT2D eigenvalue weighted by atomic mass is 35.5. The largest absolute Gasteiger partial charge is 0.326 e. The number of carbonyl (C=O) groups is 2. The molecule has 2 atom stereocenters. The molecule has 0 bridgehead atoms. The molecule has 2 N–H and O–H groups in total. The molecular weight excluding hydrogens is 552 g/mol. The lowest BCUT2D eigenvalue weighted by Gasteiger charge is -2.10. The monoisotopic (exact) mass is 562 g/mol. The Balaban J connectivity index is 1.52. The lowest BCUT2D eigenvalue weighted by Crippen LogP contribution is -2.18. The summed E-state index contributed by atoms with van der Waals surface area (Å²) in [6.45, 7) is 0. The third-order valence-corrected chi connectivity index (χ3v) is 6.89. The SMILES string of the molecule is O=C(Nc1cc(F)cc(F)c1)c1cc(NC(=O)[C@@H]2[C@@H](c3cc(Cl)cc(Cl)c3)C2(Cl)Cl)ccc1Cl. The van der Waals surface area contributed by atoms with Crippen molar-refractivity contribution in [2.45, 2.75) is 10.3 Å². The Morgan fingerprint density at radius 1 is 0.794 bits per heavy atom. The van der Waals surface area contributed by atoms with Crippen LogP contribution in [0.1, 0.15) is 21.8 Å². The number of nitrogens with one attached hydrogen (secondary N) is 2. The molecule has 1 fully saturated rings. The van der Waals surface area contributed by atoms with Crippen LogP contribution in [0.25, 0.3) is 0 Å². The van der Waals surface area contributed by atoms with Gasteiger partial charge in [0.2, 0.25) is 5.91 Å². The summed E-state index contributed by atoms with van der Waals surface area (Å²) in [6, 6.07) is 11.6. The van der Waals surface area contributed by atoms with Crippen molar-refractivity contribution in [1.82, 2.24) is 0 Å². The molecule has 4 nitrogen and oxygen atoms in total. The number of alkyl halides is 2. The Labute approximate surface area is 218 Å². The fourth-order valence-corrected chi connectivity index (χ4v) is 5.22. The van der Waals surface area contributed by atoms with Gasteiger partial charge in [0.15, 0.2) is 0 Å². The minimum atomic E-state index is -1.38. The molecule has 1 saturated carbocycles. The lowest BCUT2D eigenvalue weighted by atomic mass is 10.1. The molecule has 0 saturated heterocycles. The van der Waals surface area contributed by atoms with Gasteiger partial charge >= 0.3 is 0 Å². The topological polar surface area (TPSA) is 58.2 Å². The zero-order valence-corrected chi connectivity index (χ0v) is 20.6. The highest BCUT2D eigenvalue weighted by Crippen LogP contribution is 2.65. The Morgan fingerprint density at radius 2 is 1.41 bits per heavy atom. The summed E-state index contributed by atoms with van der Waals surface area (Å²) in [4.78, 5) is 25.5. The summed E-state index contributed by atoms with van der Waals surface area (Å²) in [6.07, 6.45) is 0. The average Bonchev–Trinajstić information content (AvgIpc) is 3.30. The maximum absolute atomic E-state index is 13.4. The van der Waals surface area contributed by atoms with E-state index in [-0.39, 0.29) is 22.0 Å². The molecule has 2 amide bonds. The van der Waals surface area contributed by atoms with Crippen molar-refractivity contribution in [3.63, 3.8) is 0 Å². The van der Waals surface area contributed by atoms with Gasteiger partial charge in [-0.05, 0) is 54.1 Å². The lowest BCUT2D eigenvalue weighted by molar-refractivity contribution is -0.117. The Morgan fingerprint density at radius 3 is 2.03 bits per heavy atom. The first-order valence-corrected chi connectivity index (χ1v) is 11.6. The Hall–Kier alpha value is -2.09. The molecule has 0 aromatic heterocycles. The third kappa shape index (κ3) is 5.26. The van der Waals surface area contributed by atoms with Crippen LogP contribution < -0.4 is 10.6 Å². The van der Waals surface area contributed by atoms with Gasteiger partial charge in [-0.2, -0.15) is 0 Å². The van der Waals surface area contributed by atoms with E-state index < -0.39 is 39.6 Å². The van der Waals surface area contributed by atoms with E-state index in [0.717, 1.165) is 12.1 Å². The van der Waals surface area contributed by atoms with Crippen LogP contribution in [0.5, 0.6) is 0 Å². The van der Waals surface area contributed by atoms with E-state index in [2.05, 4.69) is 10.6 Å². The van der Waals surface area contributed by atoms with Gasteiger partial charge in [-0.3, -0.25) is 9.59 Å². The first-order chi connectivity index (χ1) is 16.0. The second-order valence-corrected chi connectivity index (χ2v) is 10.4. The molecule has 0 heterocycles. The van der Waals surface area contributed by atoms with E-state index in [1.54, 1.807) is 18.2 Å². The van der Waals surface area contributed by atoms with Crippen molar-refractivity contribution in [2.24, 2.45) is 5.92 Å². The second kappa shape index (κ2) is 9.51. The highest BCUT2D eigenvalue weighted by Gasteiger charge is 2.67. The van der Waals surface area contributed by atoms with Crippen molar-refractivity contribution >= 4 is 81.2 Å². The van der Waals surface area contributed by atoms with Crippen LogP contribution in [0.4, 0.5) is 20.2 Å². The molecule has 34 heavy (non-hydrogen) atoms. The van der Waals surface area contributed by atoms with Crippen LogP contribution in [0.15, 0.2) is 54.6 Å². The van der Waals surface area contributed by atoms with Gasteiger partial charge in [0.1, 0.15) is 16.0 Å². The Kier molecular flexibility index (Phi) is 7.00. The maximum atomic E-state index is 13.4. The van der Waals surface area contributed by atoms with Gasteiger partial charge in [0.05, 0.1) is 16.5 Å². The normalized spacial score (nSPS) is 18.3. The molecule has 3 aromatic carbocycles. The molecule has 4 rings (SSSR count). The molecule has 0 spiro atoms. The fourth-order valence-electron chi connectivity index (χ4n) is 3.64. The van der Waals surface area contributed by atoms with E-state index in [9.17, 15) is 18.4 Å². The van der Waals surface area contributed by atoms with Crippen molar-refractivity contribution in [1.29, 1.82) is 0 Å². The van der Waals surface area contributed by atoms with Gasteiger partial charge in [-0.25, -0.2) is 8.78 Å². The number of halogens is 7. The number of amides is 2. The van der Waals surface area contributed by atoms with Gasteiger partial charge in [-0.1, -0.05) is 34.8 Å². The van der Waals surface area contributed by atoms with Crippen LogP contribution in [0.2, 0.25) is 15.1 Å². The van der Waals surface area contributed by atoms with Crippen LogP contribution in [-0.2, 0) is 4.79 Å². The molecular formula is C23H13Cl5F2N2O2. The maximum Gasteiger partial charge on any atom is 0.257 e. The van der Waals surface area contributed by atoms with Crippen molar-refractivity contribution in [2.75, 3.05) is 10.6 Å². The number of anilines is 2. The number of hydrogen-bond acceptors (Lipinski definition) is 2. The average molecular weight is 565 g/mol. The van der Waals surface area contributed by atoms with E-state index >= 15 is 0 Å². The van der Waals surface area contributed by atoms with Crippen molar-refractivity contribution in [3.05, 3.63) is 92.4 Å². The van der Waals surface area contributed by atoms with Crippen molar-refractivity contribution < 1.29 is 18.4 Å². The van der Waals surface area contributed by atoms with Crippen LogP contribution in [0, 0.1) is 17.6 Å². The summed E-state index contributed by atoms with van der Waals surface area (Å²) in [5, 5.41) is 5.85. The molecule has 0 radical (unpaired) electrons. The first kappa shape index (κ1) is 25.0. The van der Waals surface area contributed by atoms with E-state index in [0.29, 0.717) is 21.7 Å². The minimum absolute atomic E-state index is 0.0267. The smallest absolute Gasteiger partial charge is 0.257 e. The van der Waals surface area contributed by atoms with E-state index in [4.69, 9.17) is 58.0 Å². The minimum Gasteiger partial charge on any atom is -0.326 e. The second-order valence-electron chi connectivity index (χ2n) is 7.63. The van der Waals surface area contributed by atoms with Crippen LogP contribution in [-0.4, -0.2) is 16.1 Å². The zero-order valence-electron chi connectivity index (χ0n) is 16.8. The van der Waals surface area contributed by atoms with Gasteiger partial charge in [-0.15, -0.1) is 23.2 Å². The van der Waals surface area contributed by atoms with Crippen LogP contribution in [0.3, 0.4) is 0 Å². The molecule has 1 aliphatic rings. The number of rotatable bonds is 5. The van der Waals surface area contributed by atoms with Gasteiger partial charge in [0, 0.05) is 33.4 Å². The van der Waals surface area contributed by atoms with Gasteiger partial charge in [0.25, 0.3) is 5.91 Å². The molecule has 176 valence electrons. The molecule has 0 aliphatic heterocycles. The molecule has 1 aliphatic carbocycles. The summed E-state index contributed by atoms with van der Waals surface area (Å²) in [5.41, 5.74) is 0.731. The summed E-state index contributed by atoms with van der Waals surface area (Å²) >= 11 is 30.9. The predicted octanol–water partition coefficient (Wildman–Crippen LogP) is 7.70. The summed E-state index contributed by atoms with van der Waals surface area (Å²) < 4.78 is 25.4. The number of benzene rings is 3. The predicted molar refractivity (Wildman–Crippen MR) is 132 cm³/mol. The number of hydrogen-bond donors (Lipinski definition) is 2. The van der Waals surface area contributed by atoms with Gasteiger partial charge < -0.3 is 10.6 Å². The van der Waals surface area contributed by atoms with Crippen molar-refractivity contribution in [3.8, 4) is 0 Å². The molecule has 11 heteroatoms. The highest BCUT2D eigenvalue weighted by molar-refractivity contribution is 6.53. The number of carbonyl (C=O) groups excluding carboxylic acids is 2. The summed E-state index contributed by atoms with van der Waals surface area (Å²) in [7, 11) is 0.